The monoisotopic (exact) mass is 339 g/mol. The predicted octanol–water partition coefficient (Wildman–Crippen LogP) is 2.60. The minimum atomic E-state index is 0. The van der Waals surface area contributed by atoms with E-state index >= 15 is 0 Å². The van der Waals surface area contributed by atoms with E-state index in [0.29, 0.717) is 0 Å². The molecule has 0 bridgehead atoms. The molecule has 2 fully saturated rings. The maximum atomic E-state index is 8.49. The first-order chi connectivity index (χ1) is 10.9. The number of nitrogens with zero attached hydrogens (tertiary/aromatic N) is 4. The van der Waals surface area contributed by atoms with Crippen molar-refractivity contribution >= 4 is 30.3 Å². The van der Waals surface area contributed by atoms with Gasteiger partial charge in [0.25, 0.3) is 0 Å². The Morgan fingerprint density at radius 3 is 2.48 bits per heavy atom. The van der Waals surface area contributed by atoms with Crippen LogP contribution in [0.3, 0.4) is 0 Å². The van der Waals surface area contributed by atoms with Crippen LogP contribution in [0, 0.1) is 0 Å². The summed E-state index contributed by atoms with van der Waals surface area (Å²) in [5.41, 5.74) is 2.62. The Morgan fingerprint density at radius 2 is 1.87 bits per heavy atom. The lowest BCUT2D eigenvalue weighted by Gasteiger charge is -2.41. The largest absolute Gasteiger partial charge is 0.354 e. The molecule has 0 spiro atoms. The van der Waals surface area contributed by atoms with Gasteiger partial charge in [-0.3, -0.25) is 15.6 Å². The van der Waals surface area contributed by atoms with Gasteiger partial charge in [-0.1, -0.05) is 19.3 Å². The van der Waals surface area contributed by atoms with Gasteiger partial charge in [-0.15, -0.1) is 12.4 Å². The Kier molecular flexibility index (Phi) is 7.08. The zero-order valence-corrected chi connectivity index (χ0v) is 14.2. The average molecular weight is 340 g/mol. The lowest BCUT2D eigenvalue weighted by Crippen LogP contribution is -2.51. The van der Waals surface area contributed by atoms with Gasteiger partial charge in [0.1, 0.15) is 12.2 Å². The van der Waals surface area contributed by atoms with E-state index in [1.807, 2.05) is 17.6 Å². The highest BCUT2D eigenvalue weighted by Crippen LogP contribution is 2.24. The van der Waals surface area contributed by atoms with Crippen molar-refractivity contribution in [2.75, 3.05) is 31.1 Å². The van der Waals surface area contributed by atoms with E-state index in [-0.39, 0.29) is 12.4 Å². The molecule has 0 radical (unpaired) electrons. The third-order valence-corrected chi connectivity index (χ3v) is 4.73. The van der Waals surface area contributed by atoms with Gasteiger partial charge < -0.3 is 4.90 Å². The Labute approximate surface area is 144 Å². The number of hydrogen-bond acceptors (Lipinski definition) is 5. The van der Waals surface area contributed by atoms with Crippen LogP contribution in [-0.2, 0) is 0 Å². The molecule has 2 N–H and O–H groups in total. The number of aliphatic imine (C=N–C) groups is 1. The molecule has 128 valence electrons. The van der Waals surface area contributed by atoms with Crippen molar-refractivity contribution in [3.05, 3.63) is 18.3 Å². The van der Waals surface area contributed by atoms with Crippen molar-refractivity contribution in [3.63, 3.8) is 0 Å². The van der Waals surface area contributed by atoms with Crippen LogP contribution in [-0.4, -0.2) is 53.7 Å². The van der Waals surface area contributed by atoms with Crippen LogP contribution in [0.2, 0.25) is 0 Å². The van der Waals surface area contributed by atoms with Crippen LogP contribution in [0.25, 0.3) is 0 Å². The Hall–Kier alpha value is -1.37. The van der Waals surface area contributed by atoms with Gasteiger partial charge in [0.05, 0.1) is 11.9 Å². The highest BCUT2D eigenvalue weighted by molar-refractivity contribution is 5.85. The molecule has 0 unspecified atom stereocenters. The summed E-state index contributed by atoms with van der Waals surface area (Å²) in [5.74, 6) is 1.01. The number of rotatable bonds is 4. The van der Waals surface area contributed by atoms with Crippen molar-refractivity contribution < 1.29 is 5.21 Å². The maximum absolute atomic E-state index is 8.49. The summed E-state index contributed by atoms with van der Waals surface area (Å²) in [4.78, 5) is 13.5. The van der Waals surface area contributed by atoms with Gasteiger partial charge in [-0.05, 0) is 25.0 Å². The van der Waals surface area contributed by atoms with Crippen molar-refractivity contribution in [1.29, 1.82) is 0 Å². The number of hydrogen-bond donors (Lipinski definition) is 2. The third-order valence-electron chi connectivity index (χ3n) is 4.73. The highest BCUT2D eigenvalue weighted by Gasteiger charge is 2.25. The molecule has 2 heterocycles. The summed E-state index contributed by atoms with van der Waals surface area (Å²) in [6.45, 7) is 4.37. The zero-order valence-electron chi connectivity index (χ0n) is 13.4. The molecule has 1 saturated carbocycles. The number of halogens is 1. The van der Waals surface area contributed by atoms with Crippen molar-refractivity contribution in [1.82, 2.24) is 15.4 Å². The fourth-order valence-electron chi connectivity index (χ4n) is 3.51. The second-order valence-corrected chi connectivity index (χ2v) is 6.08. The standard InChI is InChI=1S/C16H25N5O.ClH/c22-19-13-18-14-6-7-16(17-12-14)21-10-8-20(9-11-21)15-4-2-1-3-5-15;/h6-7,12-13,15,22H,1-5,8-11H2,(H,18,19);1H. The minimum absolute atomic E-state index is 0. The summed E-state index contributed by atoms with van der Waals surface area (Å²) in [6, 6.07) is 4.73. The van der Waals surface area contributed by atoms with Gasteiger partial charge in [0, 0.05) is 32.2 Å². The number of piperazine rings is 1. The molecule has 0 atom stereocenters. The van der Waals surface area contributed by atoms with Crippen molar-refractivity contribution in [2.45, 2.75) is 38.1 Å². The zero-order chi connectivity index (χ0) is 15.2. The summed E-state index contributed by atoms with van der Waals surface area (Å²) >= 11 is 0. The molecule has 1 aliphatic heterocycles. The second kappa shape index (κ2) is 9.05. The van der Waals surface area contributed by atoms with E-state index in [4.69, 9.17) is 5.21 Å². The van der Waals surface area contributed by atoms with Crippen LogP contribution in [0.15, 0.2) is 23.3 Å². The van der Waals surface area contributed by atoms with E-state index in [1.165, 1.54) is 38.4 Å². The summed E-state index contributed by atoms with van der Waals surface area (Å²) in [7, 11) is 0. The molecule has 1 aromatic rings. The highest BCUT2D eigenvalue weighted by atomic mass is 35.5. The van der Waals surface area contributed by atoms with Crippen molar-refractivity contribution in [3.8, 4) is 0 Å². The fraction of sp³-hybridized carbons (Fsp3) is 0.625. The first-order valence-electron chi connectivity index (χ1n) is 8.24. The van der Waals surface area contributed by atoms with Crippen LogP contribution >= 0.6 is 12.4 Å². The van der Waals surface area contributed by atoms with Crippen LogP contribution in [0.4, 0.5) is 11.5 Å². The normalized spacial score (nSPS) is 20.5. The SMILES string of the molecule is Cl.ONC=Nc1ccc(N2CCN(C3CCCCC3)CC2)nc1. The number of anilines is 1. The molecule has 2 aliphatic rings. The second-order valence-electron chi connectivity index (χ2n) is 6.08. The van der Waals surface area contributed by atoms with Gasteiger partial charge in [0.15, 0.2) is 0 Å². The maximum Gasteiger partial charge on any atom is 0.128 e. The number of pyridine rings is 1. The topological polar surface area (TPSA) is 64.0 Å². The quantitative estimate of drug-likeness (QED) is 0.501. The minimum Gasteiger partial charge on any atom is -0.354 e. The van der Waals surface area contributed by atoms with Gasteiger partial charge >= 0.3 is 0 Å². The summed E-state index contributed by atoms with van der Waals surface area (Å²) < 4.78 is 0. The molecule has 7 heteroatoms. The predicted molar refractivity (Wildman–Crippen MR) is 95.2 cm³/mol. The lowest BCUT2D eigenvalue weighted by molar-refractivity contribution is 0.147. The van der Waals surface area contributed by atoms with E-state index in [0.717, 1.165) is 43.7 Å². The summed E-state index contributed by atoms with van der Waals surface area (Å²) in [6.07, 6.45) is 9.94. The van der Waals surface area contributed by atoms with Gasteiger partial charge in [0.2, 0.25) is 0 Å². The molecule has 23 heavy (non-hydrogen) atoms. The molecule has 0 aromatic carbocycles. The summed E-state index contributed by atoms with van der Waals surface area (Å²) in [5, 5.41) is 8.49. The smallest absolute Gasteiger partial charge is 0.128 e. The number of aromatic nitrogens is 1. The molecule has 1 aliphatic carbocycles. The van der Waals surface area contributed by atoms with Crippen LogP contribution < -0.4 is 10.4 Å². The molecule has 1 saturated heterocycles. The van der Waals surface area contributed by atoms with Crippen LogP contribution in [0.1, 0.15) is 32.1 Å². The van der Waals surface area contributed by atoms with E-state index in [1.54, 1.807) is 6.20 Å². The van der Waals surface area contributed by atoms with Crippen molar-refractivity contribution in [2.24, 2.45) is 4.99 Å². The Morgan fingerprint density at radius 1 is 1.13 bits per heavy atom. The van der Waals surface area contributed by atoms with Crippen LogP contribution in [0.5, 0.6) is 0 Å². The molecule has 0 amide bonds. The van der Waals surface area contributed by atoms with E-state index in [2.05, 4.69) is 19.8 Å². The fourth-order valence-corrected chi connectivity index (χ4v) is 3.51. The Bertz CT molecular complexity index is 482. The van der Waals surface area contributed by atoms with E-state index in [9.17, 15) is 0 Å². The number of hydroxylamine groups is 1. The van der Waals surface area contributed by atoms with E-state index < -0.39 is 0 Å². The van der Waals surface area contributed by atoms with Gasteiger partial charge in [-0.25, -0.2) is 9.98 Å². The molecular weight excluding hydrogens is 314 g/mol. The molecular formula is C16H26ClN5O. The molecule has 6 nitrogen and oxygen atoms in total. The number of nitrogens with one attached hydrogen (secondary N) is 1. The first-order valence-corrected chi connectivity index (χ1v) is 8.24. The first kappa shape index (κ1) is 18.0. The molecule has 1 aromatic heterocycles. The third kappa shape index (κ3) is 4.80. The Balaban J connectivity index is 0.00000192. The van der Waals surface area contributed by atoms with Gasteiger partial charge in [-0.2, -0.15) is 0 Å². The lowest BCUT2D eigenvalue weighted by atomic mass is 9.94. The molecule has 3 rings (SSSR count). The average Bonchev–Trinajstić information content (AvgIpc) is 2.61.